The molecule has 0 aromatic heterocycles. The zero-order valence-electron chi connectivity index (χ0n) is 11.1. The summed E-state index contributed by atoms with van der Waals surface area (Å²) in [5, 5.41) is 3.12. The Kier molecular flexibility index (Phi) is 3.42. The molecule has 3 rings (SSSR count). The number of carbonyl (C=O) groups excluding carboxylic acids is 1. The van der Waals surface area contributed by atoms with E-state index < -0.39 is 0 Å². The van der Waals surface area contributed by atoms with Crippen LogP contribution in [-0.4, -0.2) is 18.6 Å². The zero-order valence-corrected chi connectivity index (χ0v) is 11.1. The highest BCUT2D eigenvalue weighted by molar-refractivity contribution is 5.93. The maximum atomic E-state index is 12.4. The van der Waals surface area contributed by atoms with E-state index in [4.69, 9.17) is 5.73 Å². The molecule has 102 valence electrons. The number of nitrogens with one attached hydrogen (secondary N) is 1. The number of fused-ring (bicyclic) bond motifs is 1. The molecule has 2 amide bonds. The van der Waals surface area contributed by atoms with E-state index in [1.807, 2.05) is 29.2 Å². The van der Waals surface area contributed by atoms with Gasteiger partial charge in [0.15, 0.2) is 0 Å². The minimum absolute atomic E-state index is 0.0336. The van der Waals surface area contributed by atoms with Gasteiger partial charge in [0.1, 0.15) is 0 Å². The van der Waals surface area contributed by atoms with Crippen LogP contribution in [0.25, 0.3) is 0 Å². The molecule has 19 heavy (non-hydrogen) atoms. The van der Waals surface area contributed by atoms with E-state index in [1.54, 1.807) is 0 Å². The highest BCUT2D eigenvalue weighted by Gasteiger charge is 2.27. The second-order valence-electron chi connectivity index (χ2n) is 5.54. The third-order valence-corrected chi connectivity index (χ3v) is 4.20. The molecule has 2 aliphatic rings. The Morgan fingerprint density at radius 1 is 1.21 bits per heavy atom. The lowest BCUT2D eigenvalue weighted by Crippen LogP contribution is -2.47. The number of rotatable bonds is 1. The van der Waals surface area contributed by atoms with Gasteiger partial charge in [-0.25, -0.2) is 4.79 Å². The van der Waals surface area contributed by atoms with Crippen molar-refractivity contribution in [2.24, 2.45) is 5.73 Å². The summed E-state index contributed by atoms with van der Waals surface area (Å²) in [6, 6.07) is 8.45. The first kappa shape index (κ1) is 12.5. The van der Waals surface area contributed by atoms with Crippen LogP contribution in [-0.2, 0) is 0 Å². The van der Waals surface area contributed by atoms with Crippen molar-refractivity contribution in [1.29, 1.82) is 0 Å². The van der Waals surface area contributed by atoms with E-state index in [1.165, 1.54) is 6.42 Å². The summed E-state index contributed by atoms with van der Waals surface area (Å²) in [6.45, 7) is 0.753. The average Bonchev–Trinajstić information content (AvgIpc) is 2.54. The van der Waals surface area contributed by atoms with Crippen molar-refractivity contribution in [3.8, 4) is 0 Å². The van der Waals surface area contributed by atoms with Crippen molar-refractivity contribution in [3.05, 3.63) is 29.8 Å². The van der Waals surface area contributed by atoms with Crippen molar-refractivity contribution >= 4 is 11.7 Å². The van der Waals surface area contributed by atoms with E-state index in [0.717, 1.165) is 43.5 Å². The van der Waals surface area contributed by atoms with Crippen LogP contribution < -0.4 is 16.0 Å². The Bertz CT molecular complexity index is 470. The van der Waals surface area contributed by atoms with Crippen LogP contribution in [0.2, 0.25) is 0 Å². The summed E-state index contributed by atoms with van der Waals surface area (Å²) >= 11 is 0. The molecule has 1 aromatic carbocycles. The molecule has 0 saturated heterocycles. The number of para-hydroxylation sites is 1. The van der Waals surface area contributed by atoms with Gasteiger partial charge >= 0.3 is 6.03 Å². The zero-order chi connectivity index (χ0) is 13.2. The quantitative estimate of drug-likeness (QED) is 0.814. The van der Waals surface area contributed by atoms with Crippen molar-refractivity contribution in [2.75, 3.05) is 11.4 Å². The molecule has 1 aromatic rings. The van der Waals surface area contributed by atoms with Crippen molar-refractivity contribution in [1.82, 2.24) is 5.32 Å². The number of carbonyl (C=O) groups is 1. The summed E-state index contributed by atoms with van der Waals surface area (Å²) in [4.78, 5) is 14.3. The van der Waals surface area contributed by atoms with E-state index in [9.17, 15) is 4.79 Å². The standard InChI is InChI=1S/C15H21N3O/c16-13-8-4-10-18(14-9-2-1-7-12(13)14)15(19)17-11-5-3-6-11/h1-2,7,9,11,13H,3-6,8,10,16H2,(H,17,19). The normalized spacial score (nSPS) is 23.2. The first-order valence-corrected chi connectivity index (χ1v) is 7.18. The number of hydrogen-bond acceptors (Lipinski definition) is 2. The maximum Gasteiger partial charge on any atom is 0.322 e. The van der Waals surface area contributed by atoms with Crippen LogP contribution >= 0.6 is 0 Å². The van der Waals surface area contributed by atoms with Gasteiger partial charge < -0.3 is 11.1 Å². The number of anilines is 1. The first-order valence-electron chi connectivity index (χ1n) is 7.18. The fourth-order valence-electron chi connectivity index (χ4n) is 2.81. The minimum atomic E-state index is 0.0336. The second-order valence-corrected chi connectivity index (χ2v) is 5.54. The fourth-order valence-corrected chi connectivity index (χ4v) is 2.81. The van der Waals surface area contributed by atoms with Gasteiger partial charge in [0, 0.05) is 18.6 Å². The number of urea groups is 1. The van der Waals surface area contributed by atoms with Gasteiger partial charge in [-0.1, -0.05) is 18.2 Å². The molecule has 1 atom stereocenters. The van der Waals surface area contributed by atoms with Crippen molar-refractivity contribution < 1.29 is 4.79 Å². The minimum Gasteiger partial charge on any atom is -0.335 e. The average molecular weight is 259 g/mol. The van der Waals surface area contributed by atoms with Crippen molar-refractivity contribution in [2.45, 2.75) is 44.2 Å². The van der Waals surface area contributed by atoms with Crippen LogP contribution in [0.15, 0.2) is 24.3 Å². The van der Waals surface area contributed by atoms with Crippen LogP contribution in [0.1, 0.15) is 43.7 Å². The molecule has 4 nitrogen and oxygen atoms in total. The third-order valence-electron chi connectivity index (χ3n) is 4.20. The lowest BCUT2D eigenvalue weighted by Gasteiger charge is -2.31. The van der Waals surface area contributed by atoms with E-state index in [0.29, 0.717) is 6.04 Å². The number of hydrogen-bond donors (Lipinski definition) is 2. The number of benzene rings is 1. The van der Waals surface area contributed by atoms with Crippen LogP contribution in [0.5, 0.6) is 0 Å². The molecular weight excluding hydrogens is 238 g/mol. The number of amides is 2. The Morgan fingerprint density at radius 3 is 2.74 bits per heavy atom. The van der Waals surface area contributed by atoms with E-state index >= 15 is 0 Å². The molecule has 1 aliphatic carbocycles. The van der Waals surface area contributed by atoms with Gasteiger partial charge in [-0.3, -0.25) is 4.90 Å². The Balaban J connectivity index is 1.83. The van der Waals surface area contributed by atoms with Crippen LogP contribution in [0.4, 0.5) is 10.5 Å². The second kappa shape index (κ2) is 5.21. The predicted molar refractivity (Wildman–Crippen MR) is 76.1 cm³/mol. The monoisotopic (exact) mass is 259 g/mol. The lowest BCUT2D eigenvalue weighted by molar-refractivity contribution is 0.234. The largest absolute Gasteiger partial charge is 0.335 e. The van der Waals surface area contributed by atoms with Crippen molar-refractivity contribution in [3.63, 3.8) is 0 Å². The van der Waals surface area contributed by atoms with E-state index in [-0.39, 0.29) is 12.1 Å². The number of nitrogens with two attached hydrogens (primary N) is 1. The van der Waals surface area contributed by atoms with Gasteiger partial charge in [-0.2, -0.15) is 0 Å². The third kappa shape index (κ3) is 2.45. The Labute approximate surface area is 114 Å². The fraction of sp³-hybridized carbons (Fsp3) is 0.533. The molecule has 3 N–H and O–H groups in total. The van der Waals surface area contributed by atoms with Crippen LogP contribution in [0, 0.1) is 0 Å². The molecular formula is C15H21N3O. The topological polar surface area (TPSA) is 58.4 Å². The molecule has 4 heteroatoms. The molecule has 1 heterocycles. The molecule has 1 unspecified atom stereocenters. The predicted octanol–water partition coefficient (Wildman–Crippen LogP) is 2.55. The smallest absolute Gasteiger partial charge is 0.322 e. The molecule has 1 fully saturated rings. The van der Waals surface area contributed by atoms with E-state index in [2.05, 4.69) is 5.32 Å². The molecule has 0 radical (unpaired) electrons. The number of nitrogens with zero attached hydrogens (tertiary/aromatic N) is 1. The summed E-state index contributed by atoms with van der Waals surface area (Å²) in [5.41, 5.74) is 8.25. The van der Waals surface area contributed by atoms with Gasteiger partial charge in [-0.15, -0.1) is 0 Å². The highest BCUT2D eigenvalue weighted by atomic mass is 16.2. The summed E-state index contributed by atoms with van der Waals surface area (Å²) in [5.74, 6) is 0. The molecule has 0 spiro atoms. The summed E-state index contributed by atoms with van der Waals surface area (Å²) in [6.07, 6.45) is 5.34. The summed E-state index contributed by atoms with van der Waals surface area (Å²) in [7, 11) is 0. The van der Waals surface area contributed by atoms with Gasteiger partial charge in [-0.05, 0) is 43.7 Å². The maximum absolute atomic E-state index is 12.4. The molecule has 0 bridgehead atoms. The SMILES string of the molecule is NC1CCCN(C(=O)NC2CCC2)c2ccccc21. The molecule has 1 aliphatic heterocycles. The van der Waals surface area contributed by atoms with Gasteiger partial charge in [0.25, 0.3) is 0 Å². The van der Waals surface area contributed by atoms with Gasteiger partial charge in [0.2, 0.25) is 0 Å². The molecule has 1 saturated carbocycles. The Morgan fingerprint density at radius 2 is 2.00 bits per heavy atom. The summed E-state index contributed by atoms with van der Waals surface area (Å²) < 4.78 is 0. The highest BCUT2D eigenvalue weighted by Crippen LogP contribution is 2.31. The lowest BCUT2D eigenvalue weighted by atomic mass is 9.93. The Hall–Kier alpha value is -1.55. The first-order chi connectivity index (χ1) is 9.25. The van der Waals surface area contributed by atoms with Gasteiger partial charge in [0.05, 0.1) is 5.69 Å². The van der Waals surface area contributed by atoms with Crippen LogP contribution in [0.3, 0.4) is 0 Å².